The molecule has 1 aliphatic rings. The van der Waals surface area contributed by atoms with E-state index in [0.29, 0.717) is 34.3 Å². The number of amides is 4. The van der Waals surface area contributed by atoms with Gasteiger partial charge in [0.15, 0.2) is 11.5 Å². The molecule has 1 saturated heterocycles. The van der Waals surface area contributed by atoms with Crippen molar-refractivity contribution < 1.29 is 23.9 Å². The van der Waals surface area contributed by atoms with Crippen LogP contribution in [0.15, 0.2) is 72.3 Å². The minimum atomic E-state index is -0.846. The molecule has 1 fully saturated rings. The van der Waals surface area contributed by atoms with Gasteiger partial charge in [0.05, 0.1) is 23.9 Å². The van der Waals surface area contributed by atoms with Crippen LogP contribution in [0.25, 0.3) is 6.08 Å². The molecular weight excluding hydrogens is 482 g/mol. The van der Waals surface area contributed by atoms with Gasteiger partial charge < -0.3 is 9.47 Å². The van der Waals surface area contributed by atoms with Crippen LogP contribution in [0.2, 0.25) is 5.02 Å². The maximum Gasteiger partial charge on any atom is 0.335 e. The summed E-state index contributed by atoms with van der Waals surface area (Å²) in [5.41, 5.74) is 1.79. The van der Waals surface area contributed by atoms with Crippen molar-refractivity contribution in [1.29, 1.82) is 5.26 Å². The van der Waals surface area contributed by atoms with Crippen LogP contribution in [-0.2, 0) is 16.2 Å². The van der Waals surface area contributed by atoms with Crippen molar-refractivity contribution >= 4 is 41.2 Å². The molecule has 0 bridgehead atoms. The molecule has 0 radical (unpaired) electrons. The summed E-state index contributed by atoms with van der Waals surface area (Å²) in [4.78, 5) is 38.8. The monoisotopic (exact) mass is 501 g/mol. The first-order chi connectivity index (χ1) is 17.4. The zero-order valence-corrected chi connectivity index (χ0v) is 19.9. The highest BCUT2D eigenvalue weighted by atomic mass is 35.5. The molecule has 4 rings (SSSR count). The third-order valence-corrected chi connectivity index (χ3v) is 5.54. The number of nitriles is 1. The Kier molecular flexibility index (Phi) is 7.33. The summed E-state index contributed by atoms with van der Waals surface area (Å²) in [6.45, 7) is 2.32. The number of nitrogens with zero attached hydrogens (tertiary/aromatic N) is 2. The van der Waals surface area contributed by atoms with E-state index in [0.717, 1.165) is 10.5 Å². The molecule has 0 atom stereocenters. The number of barbiturate groups is 1. The molecular formula is C27H20ClN3O5. The molecule has 180 valence electrons. The summed E-state index contributed by atoms with van der Waals surface area (Å²) >= 11 is 5.90. The number of carbonyl (C=O) groups is 3. The topological polar surface area (TPSA) is 109 Å². The zero-order valence-electron chi connectivity index (χ0n) is 19.2. The number of carbonyl (C=O) groups excluding carboxylic acids is 3. The smallest absolute Gasteiger partial charge is 0.335 e. The Morgan fingerprint density at radius 2 is 1.75 bits per heavy atom. The highest BCUT2D eigenvalue weighted by Crippen LogP contribution is 2.31. The highest BCUT2D eigenvalue weighted by Gasteiger charge is 2.36. The first kappa shape index (κ1) is 24.5. The molecule has 1 aliphatic heterocycles. The van der Waals surface area contributed by atoms with Crippen molar-refractivity contribution in [3.05, 3.63) is 94.0 Å². The molecule has 8 nitrogen and oxygen atoms in total. The Balaban J connectivity index is 1.62. The molecule has 0 unspecified atom stereocenters. The lowest BCUT2D eigenvalue weighted by molar-refractivity contribution is -0.122. The first-order valence-electron chi connectivity index (χ1n) is 11.0. The van der Waals surface area contributed by atoms with Gasteiger partial charge in [-0.3, -0.25) is 14.9 Å². The van der Waals surface area contributed by atoms with E-state index < -0.39 is 17.8 Å². The van der Waals surface area contributed by atoms with Gasteiger partial charge in [0.2, 0.25) is 0 Å². The summed E-state index contributed by atoms with van der Waals surface area (Å²) in [7, 11) is 0. The van der Waals surface area contributed by atoms with Crippen LogP contribution in [-0.4, -0.2) is 24.5 Å². The van der Waals surface area contributed by atoms with Gasteiger partial charge in [-0.05, 0) is 61.0 Å². The number of urea groups is 1. The Labute approximate surface area is 212 Å². The van der Waals surface area contributed by atoms with Crippen LogP contribution in [0, 0.1) is 11.3 Å². The summed E-state index contributed by atoms with van der Waals surface area (Å²) in [5, 5.41) is 11.9. The van der Waals surface area contributed by atoms with Gasteiger partial charge in [-0.1, -0.05) is 35.9 Å². The van der Waals surface area contributed by atoms with Crippen LogP contribution < -0.4 is 19.7 Å². The van der Waals surface area contributed by atoms with E-state index in [1.165, 1.54) is 18.2 Å². The molecule has 3 aromatic carbocycles. The Morgan fingerprint density at radius 3 is 2.47 bits per heavy atom. The second kappa shape index (κ2) is 10.8. The SMILES string of the molecule is CCOc1cc(C=C2C(=O)NC(=O)N(c3ccc(Cl)cc3)C2=O)ccc1OCc1ccccc1C#N. The van der Waals surface area contributed by atoms with E-state index in [-0.39, 0.29) is 17.9 Å². The summed E-state index contributed by atoms with van der Waals surface area (Å²) in [6, 6.07) is 19.4. The third-order valence-electron chi connectivity index (χ3n) is 5.29. The Morgan fingerprint density at radius 1 is 1.00 bits per heavy atom. The molecule has 1 heterocycles. The largest absolute Gasteiger partial charge is 0.490 e. The van der Waals surface area contributed by atoms with Gasteiger partial charge in [0.1, 0.15) is 12.2 Å². The predicted octanol–water partition coefficient (Wildman–Crippen LogP) is 4.86. The fourth-order valence-corrected chi connectivity index (χ4v) is 3.69. The number of rotatable bonds is 7. The minimum Gasteiger partial charge on any atom is -0.490 e. The van der Waals surface area contributed by atoms with Gasteiger partial charge in [-0.25, -0.2) is 9.69 Å². The lowest BCUT2D eigenvalue weighted by Crippen LogP contribution is -2.54. The zero-order chi connectivity index (χ0) is 25.7. The van der Waals surface area contributed by atoms with Crippen LogP contribution in [0.5, 0.6) is 11.5 Å². The van der Waals surface area contributed by atoms with Crippen molar-refractivity contribution in [2.75, 3.05) is 11.5 Å². The Bertz CT molecular complexity index is 1410. The lowest BCUT2D eigenvalue weighted by Gasteiger charge is -2.26. The normalized spacial score (nSPS) is 14.4. The van der Waals surface area contributed by atoms with Crippen LogP contribution >= 0.6 is 11.6 Å². The summed E-state index contributed by atoms with van der Waals surface area (Å²) < 4.78 is 11.6. The van der Waals surface area contributed by atoms with Crippen molar-refractivity contribution in [3.63, 3.8) is 0 Å². The number of ether oxygens (including phenoxy) is 2. The number of hydrogen-bond donors (Lipinski definition) is 1. The second-order valence-electron chi connectivity index (χ2n) is 7.63. The van der Waals surface area contributed by atoms with Crippen molar-refractivity contribution in [2.24, 2.45) is 0 Å². The molecule has 0 saturated carbocycles. The van der Waals surface area contributed by atoms with E-state index in [1.807, 2.05) is 13.0 Å². The second-order valence-corrected chi connectivity index (χ2v) is 8.07. The van der Waals surface area contributed by atoms with Crippen LogP contribution in [0.3, 0.4) is 0 Å². The van der Waals surface area contributed by atoms with E-state index in [2.05, 4.69) is 11.4 Å². The molecule has 3 aromatic rings. The molecule has 36 heavy (non-hydrogen) atoms. The molecule has 0 spiro atoms. The van der Waals surface area contributed by atoms with Crippen molar-refractivity contribution in [3.8, 4) is 17.6 Å². The molecule has 0 aromatic heterocycles. The highest BCUT2D eigenvalue weighted by molar-refractivity contribution is 6.39. The average molecular weight is 502 g/mol. The maximum atomic E-state index is 13.1. The van der Waals surface area contributed by atoms with Gasteiger partial charge in [0, 0.05) is 10.6 Å². The minimum absolute atomic E-state index is 0.156. The Hall–Kier alpha value is -4.61. The molecule has 4 amide bonds. The first-order valence-corrected chi connectivity index (χ1v) is 11.3. The van der Waals surface area contributed by atoms with Gasteiger partial charge >= 0.3 is 6.03 Å². The van der Waals surface area contributed by atoms with Crippen LogP contribution in [0.4, 0.5) is 10.5 Å². The number of imide groups is 2. The van der Waals surface area contributed by atoms with Gasteiger partial charge in [0.25, 0.3) is 11.8 Å². The lowest BCUT2D eigenvalue weighted by atomic mass is 10.1. The van der Waals surface area contributed by atoms with E-state index >= 15 is 0 Å². The third kappa shape index (κ3) is 5.22. The number of nitrogens with one attached hydrogen (secondary N) is 1. The van der Waals surface area contributed by atoms with Crippen LogP contribution in [0.1, 0.15) is 23.6 Å². The van der Waals surface area contributed by atoms with E-state index in [9.17, 15) is 19.6 Å². The number of benzene rings is 3. The fraction of sp³-hybridized carbons (Fsp3) is 0.111. The molecule has 0 aliphatic carbocycles. The number of anilines is 1. The van der Waals surface area contributed by atoms with Crippen molar-refractivity contribution in [1.82, 2.24) is 5.32 Å². The van der Waals surface area contributed by atoms with Crippen molar-refractivity contribution in [2.45, 2.75) is 13.5 Å². The molecule has 1 N–H and O–H groups in total. The number of halogens is 1. The molecule has 9 heteroatoms. The quantitative estimate of drug-likeness (QED) is 0.366. The maximum absolute atomic E-state index is 13.1. The number of hydrogen-bond acceptors (Lipinski definition) is 6. The predicted molar refractivity (Wildman–Crippen MR) is 134 cm³/mol. The standard InChI is InChI=1S/C27H20ClN3O5/c1-2-35-24-14-17(7-12-23(24)36-16-19-6-4-3-5-18(19)15-29)13-22-25(32)30-27(34)31(26(22)33)21-10-8-20(28)9-11-21/h3-14H,2,16H2,1H3,(H,30,32,34). The van der Waals surface area contributed by atoms with Gasteiger partial charge in [-0.15, -0.1) is 0 Å². The summed E-state index contributed by atoms with van der Waals surface area (Å²) in [6.07, 6.45) is 1.38. The van der Waals surface area contributed by atoms with E-state index in [1.54, 1.807) is 48.5 Å². The summed E-state index contributed by atoms with van der Waals surface area (Å²) in [5.74, 6) is -0.737. The van der Waals surface area contributed by atoms with E-state index in [4.69, 9.17) is 21.1 Å². The van der Waals surface area contributed by atoms with Gasteiger partial charge in [-0.2, -0.15) is 5.26 Å². The average Bonchev–Trinajstić information content (AvgIpc) is 2.87. The fourth-order valence-electron chi connectivity index (χ4n) is 3.56.